The second-order valence-corrected chi connectivity index (χ2v) is 5.42. The van der Waals surface area contributed by atoms with Crippen LogP contribution in [0, 0.1) is 11.3 Å². The summed E-state index contributed by atoms with van der Waals surface area (Å²) >= 11 is 0. The van der Waals surface area contributed by atoms with Crippen molar-refractivity contribution in [1.29, 1.82) is 5.26 Å². The van der Waals surface area contributed by atoms with Gasteiger partial charge in [-0.15, -0.1) is 0 Å². The zero-order valence-electron chi connectivity index (χ0n) is 12.3. The van der Waals surface area contributed by atoms with Crippen molar-refractivity contribution in [3.8, 4) is 6.07 Å². The lowest BCUT2D eigenvalue weighted by molar-refractivity contribution is 0.174. The fourth-order valence-corrected chi connectivity index (χ4v) is 3.01. The lowest BCUT2D eigenvalue weighted by Crippen LogP contribution is -2.40. The molecule has 1 aliphatic heterocycles. The topological polar surface area (TPSA) is 43.2 Å². The van der Waals surface area contributed by atoms with Crippen molar-refractivity contribution < 1.29 is 0 Å². The van der Waals surface area contributed by atoms with E-state index in [0.29, 0.717) is 12.5 Å². The van der Waals surface area contributed by atoms with Gasteiger partial charge in [0.1, 0.15) is 0 Å². The standard InChI is InChI=1S/C16H24N4/c1-2-20-12-3-5-16(20)14-19(11-4-8-17)13-15-6-9-18-10-7-15/h6-7,9-10,16H,2-5,11-14H2,1H3/t16-/m1/s1. The highest BCUT2D eigenvalue weighted by Crippen LogP contribution is 2.18. The van der Waals surface area contributed by atoms with Crippen molar-refractivity contribution >= 4 is 0 Å². The van der Waals surface area contributed by atoms with Gasteiger partial charge in [0.25, 0.3) is 0 Å². The maximum atomic E-state index is 8.84. The molecular weight excluding hydrogens is 248 g/mol. The summed E-state index contributed by atoms with van der Waals surface area (Å²) in [5, 5.41) is 8.84. The van der Waals surface area contributed by atoms with Crippen LogP contribution in [-0.2, 0) is 6.54 Å². The summed E-state index contributed by atoms with van der Waals surface area (Å²) in [7, 11) is 0. The van der Waals surface area contributed by atoms with Crippen LogP contribution in [0.25, 0.3) is 0 Å². The van der Waals surface area contributed by atoms with E-state index in [2.05, 4.69) is 39.9 Å². The van der Waals surface area contributed by atoms with Crippen molar-refractivity contribution in [2.45, 2.75) is 38.8 Å². The number of pyridine rings is 1. The van der Waals surface area contributed by atoms with E-state index in [0.717, 1.165) is 26.2 Å². The molecule has 0 aromatic carbocycles. The molecule has 1 atom stereocenters. The zero-order chi connectivity index (χ0) is 14.2. The highest BCUT2D eigenvalue weighted by atomic mass is 15.2. The third kappa shape index (κ3) is 4.29. The zero-order valence-corrected chi connectivity index (χ0v) is 12.3. The third-order valence-corrected chi connectivity index (χ3v) is 4.07. The fourth-order valence-electron chi connectivity index (χ4n) is 3.01. The van der Waals surface area contributed by atoms with Crippen molar-refractivity contribution in [2.75, 3.05) is 26.2 Å². The average Bonchev–Trinajstić information content (AvgIpc) is 2.93. The van der Waals surface area contributed by atoms with Crippen LogP contribution in [0.2, 0.25) is 0 Å². The molecule has 0 N–H and O–H groups in total. The normalized spacial score (nSPS) is 19.4. The Bertz CT molecular complexity index is 426. The SMILES string of the molecule is CCN1CCC[C@@H]1CN(CCC#N)Cc1ccncc1. The van der Waals surface area contributed by atoms with Crippen LogP contribution in [0.4, 0.5) is 0 Å². The van der Waals surface area contributed by atoms with Gasteiger partial charge in [-0.05, 0) is 43.6 Å². The predicted molar refractivity (Wildman–Crippen MR) is 80.0 cm³/mol. The Hall–Kier alpha value is -1.44. The van der Waals surface area contributed by atoms with Crippen LogP contribution >= 0.6 is 0 Å². The molecule has 0 bridgehead atoms. The van der Waals surface area contributed by atoms with E-state index in [1.807, 2.05) is 12.4 Å². The van der Waals surface area contributed by atoms with Crippen LogP contribution in [0.1, 0.15) is 31.7 Å². The van der Waals surface area contributed by atoms with Gasteiger partial charge in [0.05, 0.1) is 6.07 Å². The first kappa shape index (κ1) is 15.0. The van der Waals surface area contributed by atoms with Gasteiger partial charge < -0.3 is 0 Å². The molecule has 108 valence electrons. The quantitative estimate of drug-likeness (QED) is 0.764. The van der Waals surface area contributed by atoms with Gasteiger partial charge in [0.15, 0.2) is 0 Å². The molecule has 1 fully saturated rings. The van der Waals surface area contributed by atoms with Crippen LogP contribution in [0.5, 0.6) is 0 Å². The Balaban J connectivity index is 1.94. The minimum absolute atomic E-state index is 0.601. The Morgan fingerprint density at radius 3 is 2.95 bits per heavy atom. The minimum atomic E-state index is 0.601. The number of likely N-dealkylation sites (tertiary alicyclic amines) is 1. The number of rotatable bonds is 7. The predicted octanol–water partition coefficient (Wildman–Crippen LogP) is 2.28. The Kier molecular flexibility index (Phi) is 5.97. The second-order valence-electron chi connectivity index (χ2n) is 5.42. The number of nitrogens with zero attached hydrogens (tertiary/aromatic N) is 4. The van der Waals surface area contributed by atoms with Crippen LogP contribution in [-0.4, -0.2) is 47.0 Å². The average molecular weight is 272 g/mol. The Morgan fingerprint density at radius 2 is 2.25 bits per heavy atom. The van der Waals surface area contributed by atoms with E-state index in [1.165, 1.54) is 24.9 Å². The van der Waals surface area contributed by atoms with Gasteiger partial charge in [-0.3, -0.25) is 14.8 Å². The van der Waals surface area contributed by atoms with Crippen LogP contribution in [0.3, 0.4) is 0 Å². The molecule has 2 heterocycles. The fraction of sp³-hybridized carbons (Fsp3) is 0.625. The monoisotopic (exact) mass is 272 g/mol. The van der Waals surface area contributed by atoms with E-state index in [4.69, 9.17) is 5.26 Å². The van der Waals surface area contributed by atoms with Crippen molar-refractivity contribution in [3.05, 3.63) is 30.1 Å². The van der Waals surface area contributed by atoms with Gasteiger partial charge in [0, 0.05) is 44.5 Å². The number of nitriles is 1. The van der Waals surface area contributed by atoms with E-state index >= 15 is 0 Å². The van der Waals surface area contributed by atoms with E-state index in [1.54, 1.807) is 0 Å². The highest BCUT2D eigenvalue weighted by molar-refractivity contribution is 5.09. The minimum Gasteiger partial charge on any atom is -0.299 e. The van der Waals surface area contributed by atoms with Crippen LogP contribution < -0.4 is 0 Å². The molecule has 0 radical (unpaired) electrons. The highest BCUT2D eigenvalue weighted by Gasteiger charge is 2.24. The summed E-state index contributed by atoms with van der Waals surface area (Å²) in [6, 6.07) is 7.04. The van der Waals surface area contributed by atoms with Crippen molar-refractivity contribution in [3.63, 3.8) is 0 Å². The molecule has 2 rings (SSSR count). The van der Waals surface area contributed by atoms with Gasteiger partial charge in [0.2, 0.25) is 0 Å². The summed E-state index contributed by atoms with van der Waals surface area (Å²) in [6.07, 6.45) is 6.87. The lowest BCUT2D eigenvalue weighted by Gasteiger charge is -2.29. The number of likely N-dealkylation sites (N-methyl/N-ethyl adjacent to an activating group) is 1. The molecule has 4 heteroatoms. The Morgan fingerprint density at radius 1 is 1.45 bits per heavy atom. The first-order valence-corrected chi connectivity index (χ1v) is 7.55. The summed E-state index contributed by atoms with van der Waals surface area (Å²) in [5.74, 6) is 0. The smallest absolute Gasteiger partial charge is 0.0635 e. The molecule has 1 aromatic heterocycles. The van der Waals surface area contributed by atoms with E-state index in [9.17, 15) is 0 Å². The van der Waals surface area contributed by atoms with Crippen LogP contribution in [0.15, 0.2) is 24.5 Å². The largest absolute Gasteiger partial charge is 0.299 e. The van der Waals surface area contributed by atoms with Gasteiger partial charge in [-0.2, -0.15) is 5.26 Å². The summed E-state index contributed by atoms with van der Waals surface area (Å²) in [4.78, 5) is 9.04. The Labute approximate surface area is 122 Å². The maximum absolute atomic E-state index is 8.84. The first-order chi connectivity index (χ1) is 9.83. The molecule has 1 aliphatic rings. The van der Waals surface area contributed by atoms with Gasteiger partial charge >= 0.3 is 0 Å². The first-order valence-electron chi connectivity index (χ1n) is 7.55. The number of hydrogen-bond acceptors (Lipinski definition) is 4. The molecule has 20 heavy (non-hydrogen) atoms. The summed E-state index contributed by atoms with van der Waals surface area (Å²) < 4.78 is 0. The van der Waals surface area contributed by atoms with Gasteiger partial charge in [-0.25, -0.2) is 0 Å². The molecule has 1 aromatic rings. The number of hydrogen-bond donors (Lipinski definition) is 0. The number of aromatic nitrogens is 1. The second kappa shape index (κ2) is 7.98. The molecule has 0 unspecified atom stereocenters. The summed E-state index contributed by atoms with van der Waals surface area (Å²) in [6.45, 7) is 7.43. The lowest BCUT2D eigenvalue weighted by atomic mass is 10.1. The summed E-state index contributed by atoms with van der Waals surface area (Å²) in [5.41, 5.74) is 1.28. The molecular formula is C16H24N4. The maximum Gasteiger partial charge on any atom is 0.0635 e. The van der Waals surface area contributed by atoms with Gasteiger partial charge in [-0.1, -0.05) is 6.92 Å². The molecule has 0 saturated carbocycles. The van der Waals surface area contributed by atoms with Crippen molar-refractivity contribution in [2.24, 2.45) is 0 Å². The van der Waals surface area contributed by atoms with E-state index < -0.39 is 0 Å². The molecule has 0 spiro atoms. The molecule has 0 aliphatic carbocycles. The molecule has 1 saturated heterocycles. The molecule has 4 nitrogen and oxygen atoms in total. The van der Waals surface area contributed by atoms with Crippen molar-refractivity contribution in [1.82, 2.24) is 14.8 Å². The van der Waals surface area contributed by atoms with E-state index in [-0.39, 0.29) is 0 Å². The third-order valence-electron chi connectivity index (χ3n) is 4.07. The molecule has 0 amide bonds.